The molecule has 0 aliphatic heterocycles. The largest absolute Gasteiger partial charge is 0.382 e. The van der Waals surface area contributed by atoms with Gasteiger partial charge in [-0.25, -0.2) is 9.97 Å². The molecule has 1 heterocycles. The number of hydrogen-bond acceptors (Lipinski definition) is 5. The number of hydrogen-bond donors (Lipinski definition) is 1. The van der Waals surface area contributed by atoms with E-state index in [4.69, 9.17) is 9.47 Å². The first kappa shape index (κ1) is 13.7. The van der Waals surface area contributed by atoms with Gasteiger partial charge in [-0.15, -0.1) is 0 Å². The molecule has 0 amide bonds. The molecule has 1 unspecified atom stereocenters. The lowest BCUT2D eigenvalue weighted by atomic mass is 10.3. The number of nitrogens with one attached hydrogen (secondary N) is 1. The Balaban J connectivity index is 2.13. The summed E-state index contributed by atoms with van der Waals surface area (Å²) >= 11 is 0. The van der Waals surface area contributed by atoms with Crippen LogP contribution >= 0.6 is 0 Å². The van der Waals surface area contributed by atoms with Crippen LogP contribution < -0.4 is 5.32 Å². The van der Waals surface area contributed by atoms with Crippen LogP contribution in [0.25, 0.3) is 11.0 Å². The van der Waals surface area contributed by atoms with Gasteiger partial charge >= 0.3 is 0 Å². The van der Waals surface area contributed by atoms with Crippen LogP contribution in [-0.2, 0) is 9.47 Å². The Morgan fingerprint density at radius 1 is 1.16 bits per heavy atom. The smallest absolute Gasteiger partial charge is 0.148 e. The Kier molecular flexibility index (Phi) is 4.65. The summed E-state index contributed by atoms with van der Waals surface area (Å²) in [6, 6.07) is 7.83. The number of rotatable bonds is 6. The van der Waals surface area contributed by atoms with E-state index in [1.807, 2.05) is 31.2 Å². The monoisotopic (exact) mass is 261 g/mol. The normalized spacial score (nSPS) is 12.6. The van der Waals surface area contributed by atoms with Crippen molar-refractivity contribution >= 4 is 16.9 Å². The maximum Gasteiger partial charge on any atom is 0.148 e. The van der Waals surface area contributed by atoms with E-state index >= 15 is 0 Å². The number of fused-ring (bicyclic) bond motifs is 1. The molecule has 1 atom stereocenters. The number of aryl methyl sites for hydroxylation is 1. The Morgan fingerprint density at radius 2 is 1.84 bits per heavy atom. The molecule has 102 valence electrons. The lowest BCUT2D eigenvalue weighted by Gasteiger charge is -2.16. The van der Waals surface area contributed by atoms with Crippen LogP contribution in [0.2, 0.25) is 0 Å². The maximum atomic E-state index is 5.30. The molecule has 0 radical (unpaired) electrons. The summed E-state index contributed by atoms with van der Waals surface area (Å²) in [7, 11) is 3.33. The average molecular weight is 261 g/mol. The van der Waals surface area contributed by atoms with Crippen LogP contribution in [0, 0.1) is 6.92 Å². The van der Waals surface area contributed by atoms with E-state index in [0.29, 0.717) is 13.2 Å². The molecule has 0 fully saturated rings. The standard InChI is InChI=1S/C14H19N3O2/c1-10-14(15-8-11(19-3)9-18-2)17-13-7-5-4-6-12(13)16-10/h4-7,11H,8-9H2,1-3H3,(H,15,17). The minimum absolute atomic E-state index is 0.00216. The van der Waals surface area contributed by atoms with Crippen molar-refractivity contribution in [3.63, 3.8) is 0 Å². The van der Waals surface area contributed by atoms with Crippen molar-refractivity contribution in [3.05, 3.63) is 30.0 Å². The summed E-state index contributed by atoms with van der Waals surface area (Å²) in [5, 5.41) is 3.26. The molecule has 0 spiro atoms. The fraction of sp³-hybridized carbons (Fsp3) is 0.429. The lowest BCUT2D eigenvalue weighted by molar-refractivity contribution is 0.0365. The van der Waals surface area contributed by atoms with Gasteiger partial charge in [-0.05, 0) is 19.1 Å². The SMILES string of the molecule is COCC(CNc1nc2ccccc2nc1C)OC. The van der Waals surface area contributed by atoms with Gasteiger partial charge in [0.15, 0.2) is 0 Å². The Labute approximate surface area is 113 Å². The molecule has 5 heteroatoms. The van der Waals surface area contributed by atoms with E-state index in [1.54, 1.807) is 14.2 Å². The zero-order chi connectivity index (χ0) is 13.7. The number of ether oxygens (including phenoxy) is 2. The topological polar surface area (TPSA) is 56.3 Å². The molecule has 2 rings (SSSR count). The third-order valence-electron chi connectivity index (χ3n) is 2.93. The van der Waals surface area contributed by atoms with Gasteiger partial charge in [0.2, 0.25) is 0 Å². The van der Waals surface area contributed by atoms with Crippen LogP contribution in [0.3, 0.4) is 0 Å². The molecular formula is C14H19N3O2. The van der Waals surface area contributed by atoms with Crippen molar-refractivity contribution in [2.75, 3.05) is 32.7 Å². The van der Waals surface area contributed by atoms with E-state index in [-0.39, 0.29) is 6.10 Å². The van der Waals surface area contributed by atoms with Crippen molar-refractivity contribution in [1.29, 1.82) is 0 Å². The Morgan fingerprint density at radius 3 is 2.47 bits per heavy atom. The molecule has 0 saturated carbocycles. The minimum Gasteiger partial charge on any atom is -0.382 e. The van der Waals surface area contributed by atoms with Gasteiger partial charge in [0, 0.05) is 20.8 Å². The first-order valence-electron chi connectivity index (χ1n) is 6.23. The van der Waals surface area contributed by atoms with Crippen molar-refractivity contribution in [3.8, 4) is 0 Å². The number of anilines is 1. The van der Waals surface area contributed by atoms with Crippen LogP contribution in [0.1, 0.15) is 5.69 Å². The fourth-order valence-electron chi connectivity index (χ4n) is 1.86. The Hall–Kier alpha value is -1.72. The molecule has 0 aliphatic carbocycles. The second-order valence-electron chi connectivity index (χ2n) is 4.34. The predicted octanol–water partition coefficient (Wildman–Crippen LogP) is 2.01. The van der Waals surface area contributed by atoms with Gasteiger partial charge in [-0.3, -0.25) is 0 Å². The summed E-state index contributed by atoms with van der Waals surface area (Å²) in [6.45, 7) is 3.13. The van der Waals surface area contributed by atoms with Crippen LogP contribution in [-0.4, -0.2) is 43.4 Å². The summed E-state index contributed by atoms with van der Waals surface area (Å²) in [4.78, 5) is 9.10. The van der Waals surface area contributed by atoms with Gasteiger partial charge < -0.3 is 14.8 Å². The highest BCUT2D eigenvalue weighted by Crippen LogP contribution is 2.15. The number of aromatic nitrogens is 2. The van der Waals surface area contributed by atoms with E-state index in [9.17, 15) is 0 Å². The van der Waals surface area contributed by atoms with E-state index in [0.717, 1.165) is 22.5 Å². The summed E-state index contributed by atoms with van der Waals surface area (Å²) in [5.74, 6) is 0.789. The second kappa shape index (κ2) is 6.45. The summed E-state index contributed by atoms with van der Waals surface area (Å²) in [6.07, 6.45) is -0.00216. The number of para-hydroxylation sites is 2. The van der Waals surface area contributed by atoms with Crippen LogP contribution in [0.4, 0.5) is 5.82 Å². The van der Waals surface area contributed by atoms with Crippen molar-refractivity contribution in [2.24, 2.45) is 0 Å². The van der Waals surface area contributed by atoms with Crippen molar-refractivity contribution in [1.82, 2.24) is 9.97 Å². The van der Waals surface area contributed by atoms with Gasteiger partial charge in [-0.2, -0.15) is 0 Å². The number of methoxy groups -OCH3 is 2. The van der Waals surface area contributed by atoms with Crippen molar-refractivity contribution < 1.29 is 9.47 Å². The fourth-order valence-corrected chi connectivity index (χ4v) is 1.86. The first-order chi connectivity index (χ1) is 9.24. The molecule has 2 aromatic rings. The van der Waals surface area contributed by atoms with E-state index < -0.39 is 0 Å². The maximum absolute atomic E-state index is 5.30. The van der Waals surface area contributed by atoms with Gasteiger partial charge in [-0.1, -0.05) is 12.1 Å². The van der Waals surface area contributed by atoms with E-state index in [2.05, 4.69) is 15.3 Å². The molecule has 0 aliphatic rings. The minimum atomic E-state index is -0.00216. The molecule has 5 nitrogen and oxygen atoms in total. The van der Waals surface area contributed by atoms with Gasteiger partial charge in [0.25, 0.3) is 0 Å². The van der Waals surface area contributed by atoms with Crippen LogP contribution in [0.5, 0.6) is 0 Å². The molecule has 1 aromatic carbocycles. The van der Waals surface area contributed by atoms with Crippen molar-refractivity contribution in [2.45, 2.75) is 13.0 Å². The highest BCUT2D eigenvalue weighted by molar-refractivity contribution is 5.76. The predicted molar refractivity (Wildman–Crippen MR) is 75.4 cm³/mol. The van der Waals surface area contributed by atoms with Crippen LogP contribution in [0.15, 0.2) is 24.3 Å². The molecule has 0 saturated heterocycles. The summed E-state index contributed by atoms with van der Waals surface area (Å²) in [5.41, 5.74) is 2.67. The molecule has 1 N–H and O–H groups in total. The lowest BCUT2D eigenvalue weighted by Crippen LogP contribution is -2.27. The third-order valence-corrected chi connectivity index (χ3v) is 2.93. The number of nitrogens with zero attached hydrogens (tertiary/aromatic N) is 2. The molecule has 19 heavy (non-hydrogen) atoms. The molecule has 1 aromatic heterocycles. The first-order valence-corrected chi connectivity index (χ1v) is 6.23. The molecular weight excluding hydrogens is 242 g/mol. The van der Waals surface area contributed by atoms with Gasteiger partial charge in [0.05, 0.1) is 29.4 Å². The summed E-state index contributed by atoms with van der Waals surface area (Å²) < 4.78 is 10.4. The quantitative estimate of drug-likeness (QED) is 0.862. The molecule has 0 bridgehead atoms. The average Bonchev–Trinajstić information content (AvgIpc) is 2.43. The second-order valence-corrected chi connectivity index (χ2v) is 4.34. The van der Waals surface area contributed by atoms with E-state index in [1.165, 1.54) is 0 Å². The highest BCUT2D eigenvalue weighted by atomic mass is 16.5. The zero-order valence-electron chi connectivity index (χ0n) is 11.5. The number of benzene rings is 1. The third kappa shape index (κ3) is 3.39. The highest BCUT2D eigenvalue weighted by Gasteiger charge is 2.09. The van der Waals surface area contributed by atoms with Gasteiger partial charge in [0.1, 0.15) is 5.82 Å². The Bertz CT molecular complexity index is 545. The zero-order valence-corrected chi connectivity index (χ0v) is 11.5.